The van der Waals surface area contributed by atoms with Crippen LogP contribution in [-0.4, -0.2) is 18.4 Å². The molecule has 1 aliphatic heterocycles. The zero-order chi connectivity index (χ0) is 6.69. The van der Waals surface area contributed by atoms with E-state index in [1.165, 1.54) is 0 Å². The van der Waals surface area contributed by atoms with E-state index in [0.717, 1.165) is 0 Å². The molecule has 4 heteroatoms. The Labute approximate surface area is 51.7 Å². The second-order valence-electron chi connectivity index (χ2n) is 1.72. The van der Waals surface area contributed by atoms with E-state index in [4.69, 9.17) is 0 Å². The van der Waals surface area contributed by atoms with Crippen LogP contribution in [0.15, 0.2) is 0 Å². The van der Waals surface area contributed by atoms with Crippen molar-refractivity contribution in [3.63, 3.8) is 0 Å². The Balaban J connectivity index is 2.51. The summed E-state index contributed by atoms with van der Waals surface area (Å²) in [7, 11) is 0. The third-order valence-corrected chi connectivity index (χ3v) is 0.994. The van der Waals surface area contributed by atoms with Gasteiger partial charge in [0.25, 0.3) is 0 Å². The van der Waals surface area contributed by atoms with Crippen molar-refractivity contribution in [1.82, 2.24) is 0 Å². The van der Waals surface area contributed by atoms with E-state index in [-0.39, 0.29) is 6.42 Å². The largest absolute Gasteiger partial charge is 0.408 e. The first-order valence-electron chi connectivity index (χ1n) is 2.67. The lowest BCUT2D eigenvalue weighted by Crippen LogP contribution is -2.13. The number of carbonyl (C=O) groups is 2. The molecule has 0 spiro atoms. The smallest absolute Gasteiger partial charge is 0.289 e. The van der Waals surface area contributed by atoms with Crippen molar-refractivity contribution in [2.45, 2.75) is 12.8 Å². The highest BCUT2D eigenvalue weighted by Gasteiger charge is 2.18. The summed E-state index contributed by atoms with van der Waals surface area (Å²) in [4.78, 5) is 29.1. The zero-order valence-electron chi connectivity index (χ0n) is 4.75. The molecule has 1 rings (SSSR count). The minimum absolute atomic E-state index is 0.235. The van der Waals surface area contributed by atoms with Gasteiger partial charge >= 0.3 is 5.97 Å². The lowest BCUT2D eigenvalue weighted by Gasteiger charge is -1.91. The van der Waals surface area contributed by atoms with Gasteiger partial charge in [0.15, 0.2) is 0 Å². The van der Waals surface area contributed by atoms with Gasteiger partial charge in [-0.1, -0.05) is 0 Å². The van der Waals surface area contributed by atoms with Crippen LogP contribution in [-0.2, 0) is 19.4 Å². The second kappa shape index (κ2) is 2.59. The molecule has 0 aromatic heterocycles. The molecule has 50 valence electrons. The van der Waals surface area contributed by atoms with E-state index in [9.17, 15) is 9.59 Å². The van der Waals surface area contributed by atoms with Crippen LogP contribution in [0.5, 0.6) is 0 Å². The molecule has 1 aliphatic rings. The fourth-order valence-corrected chi connectivity index (χ4v) is 0.535. The highest BCUT2D eigenvalue weighted by molar-refractivity contribution is 6.33. The molecule has 0 aromatic rings. The van der Waals surface area contributed by atoms with Crippen LogP contribution in [0.4, 0.5) is 0 Å². The van der Waals surface area contributed by atoms with Gasteiger partial charge in [-0.25, -0.2) is 4.79 Å². The van der Waals surface area contributed by atoms with Crippen LogP contribution in [0.1, 0.15) is 12.8 Å². The summed E-state index contributed by atoms with van der Waals surface area (Å²) >= 11 is 0. The van der Waals surface area contributed by atoms with Crippen molar-refractivity contribution in [3.8, 4) is 0 Å². The van der Waals surface area contributed by atoms with Crippen LogP contribution in [0.3, 0.4) is 0 Å². The molecule has 0 unspecified atom stereocenters. The predicted molar refractivity (Wildman–Crippen MR) is 26.3 cm³/mol. The molecule has 0 N–H and O–H groups in total. The van der Waals surface area contributed by atoms with Gasteiger partial charge in [0.1, 0.15) is 0 Å². The Hall–Kier alpha value is -0.900. The Morgan fingerprint density at radius 3 is 2.89 bits per heavy atom. The Morgan fingerprint density at radius 2 is 2.11 bits per heavy atom. The molecule has 1 heterocycles. The number of ketones is 1. The maximum Gasteiger partial charge on any atom is 0.408 e. The minimum Gasteiger partial charge on any atom is -0.289 e. The van der Waals surface area contributed by atoms with E-state index >= 15 is 0 Å². The predicted octanol–water partition coefficient (Wildman–Crippen LogP) is -0.176. The van der Waals surface area contributed by atoms with Crippen molar-refractivity contribution < 1.29 is 19.4 Å². The Kier molecular flexibility index (Phi) is 1.79. The molecule has 0 atom stereocenters. The highest BCUT2D eigenvalue weighted by atomic mass is 17.2. The molecule has 0 amide bonds. The summed E-state index contributed by atoms with van der Waals surface area (Å²) in [6.07, 6.45) is 0.795. The third kappa shape index (κ3) is 1.50. The molecule has 0 saturated carbocycles. The van der Waals surface area contributed by atoms with Gasteiger partial charge in [-0.2, -0.15) is 4.89 Å². The molecule has 4 nitrogen and oxygen atoms in total. The first kappa shape index (κ1) is 6.22. The molecule has 0 aromatic carbocycles. The van der Waals surface area contributed by atoms with E-state index in [0.29, 0.717) is 13.0 Å². The van der Waals surface area contributed by atoms with E-state index in [1.807, 2.05) is 0 Å². The lowest BCUT2D eigenvalue weighted by atomic mass is 10.2. The number of hydrogen-bond donors (Lipinski definition) is 0. The Bertz CT molecular complexity index is 124. The maximum atomic E-state index is 10.5. The average Bonchev–Trinajstić information content (AvgIpc) is 1.99. The van der Waals surface area contributed by atoms with Crippen molar-refractivity contribution in [2.75, 3.05) is 6.61 Å². The molecule has 0 radical (unpaired) electrons. The van der Waals surface area contributed by atoms with Gasteiger partial charge in [0, 0.05) is 6.42 Å². The summed E-state index contributed by atoms with van der Waals surface area (Å²) in [5.74, 6) is -1.39. The molecule has 9 heavy (non-hydrogen) atoms. The first-order chi connectivity index (χ1) is 4.30. The SMILES string of the molecule is O=C1CCCOOC1=O. The maximum absolute atomic E-state index is 10.5. The van der Waals surface area contributed by atoms with Gasteiger partial charge in [0.2, 0.25) is 5.78 Å². The Morgan fingerprint density at radius 1 is 1.33 bits per heavy atom. The number of Topliss-reactive ketones (excluding diaryl/α,β-unsaturated/α-hetero) is 1. The lowest BCUT2D eigenvalue weighted by molar-refractivity contribution is -0.265. The quantitative estimate of drug-likeness (QED) is 0.337. The van der Waals surface area contributed by atoms with Crippen LogP contribution >= 0.6 is 0 Å². The molecule has 1 saturated heterocycles. The van der Waals surface area contributed by atoms with Gasteiger partial charge in [0.05, 0.1) is 6.61 Å². The van der Waals surface area contributed by atoms with Gasteiger partial charge in [-0.05, 0) is 6.42 Å². The standard InChI is InChI=1S/C5H6O4/c6-4-2-1-3-8-9-5(4)7/h1-3H2. The van der Waals surface area contributed by atoms with Gasteiger partial charge in [-0.15, -0.1) is 0 Å². The number of rotatable bonds is 0. The van der Waals surface area contributed by atoms with Crippen molar-refractivity contribution in [2.24, 2.45) is 0 Å². The van der Waals surface area contributed by atoms with Crippen molar-refractivity contribution >= 4 is 11.8 Å². The molecular weight excluding hydrogens is 124 g/mol. The average molecular weight is 130 g/mol. The second-order valence-corrected chi connectivity index (χ2v) is 1.72. The van der Waals surface area contributed by atoms with E-state index in [1.54, 1.807) is 0 Å². The van der Waals surface area contributed by atoms with Crippen LogP contribution < -0.4 is 0 Å². The fourth-order valence-electron chi connectivity index (χ4n) is 0.535. The molecule has 0 bridgehead atoms. The topological polar surface area (TPSA) is 52.6 Å². The summed E-state index contributed by atoms with van der Waals surface area (Å²) in [6, 6.07) is 0. The fraction of sp³-hybridized carbons (Fsp3) is 0.600. The highest BCUT2D eigenvalue weighted by Crippen LogP contribution is 2.00. The molecule has 1 fully saturated rings. The number of carbonyl (C=O) groups excluding carboxylic acids is 2. The normalized spacial score (nSPS) is 20.9. The van der Waals surface area contributed by atoms with Gasteiger partial charge < -0.3 is 0 Å². The molecular formula is C5H6O4. The monoisotopic (exact) mass is 130 g/mol. The third-order valence-electron chi connectivity index (χ3n) is 0.994. The van der Waals surface area contributed by atoms with E-state index in [2.05, 4.69) is 9.78 Å². The van der Waals surface area contributed by atoms with Crippen LogP contribution in [0.2, 0.25) is 0 Å². The summed E-state index contributed by atoms with van der Waals surface area (Å²) in [5.41, 5.74) is 0. The molecule has 0 aliphatic carbocycles. The summed E-state index contributed by atoms with van der Waals surface area (Å²) in [5, 5.41) is 0. The van der Waals surface area contributed by atoms with Gasteiger partial charge in [-0.3, -0.25) is 9.68 Å². The first-order valence-corrected chi connectivity index (χ1v) is 2.67. The van der Waals surface area contributed by atoms with Crippen molar-refractivity contribution in [3.05, 3.63) is 0 Å². The summed E-state index contributed by atoms with van der Waals surface area (Å²) in [6.45, 7) is 0.317. The van der Waals surface area contributed by atoms with Crippen molar-refractivity contribution in [1.29, 1.82) is 0 Å². The summed E-state index contributed by atoms with van der Waals surface area (Å²) < 4.78 is 0. The van der Waals surface area contributed by atoms with E-state index < -0.39 is 11.8 Å². The minimum atomic E-state index is -0.882. The zero-order valence-corrected chi connectivity index (χ0v) is 4.75. The van der Waals surface area contributed by atoms with Crippen LogP contribution in [0.25, 0.3) is 0 Å². The van der Waals surface area contributed by atoms with Crippen LogP contribution in [0, 0.1) is 0 Å². The number of hydrogen-bond acceptors (Lipinski definition) is 4.